The first-order valence-corrected chi connectivity index (χ1v) is 4.12. The summed E-state index contributed by atoms with van der Waals surface area (Å²) >= 11 is 1.53. The minimum atomic E-state index is -0.606. The van der Waals surface area contributed by atoms with Gasteiger partial charge in [0.25, 0.3) is 0 Å². The van der Waals surface area contributed by atoms with Crippen LogP contribution in [0.25, 0.3) is 0 Å². The van der Waals surface area contributed by atoms with Gasteiger partial charge in [-0.15, -0.1) is 0 Å². The van der Waals surface area contributed by atoms with Gasteiger partial charge in [-0.25, -0.2) is 4.79 Å². The third kappa shape index (κ3) is 3.09. The molecular weight excluding hydrogens is 273 g/mol. The van der Waals surface area contributed by atoms with Crippen molar-refractivity contribution in [1.82, 2.24) is 0 Å². The molecule has 0 bridgehead atoms. The fraction of sp³-hybridized carbons (Fsp3) is 0.429. The second-order valence-corrected chi connectivity index (χ2v) is 2.30. The molecule has 0 N–H and O–H groups in total. The number of rotatable bonds is 3. The molecular formula is C7H8INO3. The van der Waals surface area contributed by atoms with Crippen molar-refractivity contribution in [2.45, 2.75) is 13.8 Å². The van der Waals surface area contributed by atoms with E-state index >= 15 is 0 Å². The molecule has 12 heavy (non-hydrogen) atoms. The number of esters is 1. The van der Waals surface area contributed by atoms with Crippen LogP contribution in [0.4, 0.5) is 0 Å². The lowest BCUT2D eigenvalue weighted by Gasteiger charge is -2.03. The largest absolute Gasteiger partial charge is 0.460 e. The number of carbonyl (C=O) groups is 1. The van der Waals surface area contributed by atoms with Crippen LogP contribution in [0.1, 0.15) is 13.8 Å². The third-order valence-electron chi connectivity index (χ3n) is 1.05. The molecule has 66 valence electrons. The lowest BCUT2D eigenvalue weighted by molar-refractivity contribution is -0.140. The first-order valence-electron chi connectivity index (χ1n) is 3.24. The average molecular weight is 281 g/mol. The Morgan fingerprint density at radius 1 is 1.67 bits per heavy atom. The highest BCUT2D eigenvalue weighted by molar-refractivity contribution is 14.1. The second kappa shape index (κ2) is 5.83. The van der Waals surface area contributed by atoms with Gasteiger partial charge in [-0.05, 0) is 13.8 Å². The van der Waals surface area contributed by atoms with Crippen LogP contribution in [0.5, 0.6) is 0 Å². The molecule has 0 amide bonds. The van der Waals surface area contributed by atoms with E-state index in [0.29, 0.717) is 0 Å². The van der Waals surface area contributed by atoms with Crippen molar-refractivity contribution < 1.29 is 12.6 Å². The van der Waals surface area contributed by atoms with Crippen molar-refractivity contribution in [2.75, 3.05) is 6.61 Å². The number of nitriles is 1. The summed E-state index contributed by atoms with van der Waals surface area (Å²) in [5, 5.41) is 8.45. The van der Waals surface area contributed by atoms with Crippen LogP contribution in [0.3, 0.4) is 0 Å². The average Bonchev–Trinajstić information content (AvgIpc) is 2.06. The summed E-state index contributed by atoms with van der Waals surface area (Å²) in [5.41, 5.74) is 0.211. The van der Waals surface area contributed by atoms with E-state index in [-0.39, 0.29) is 17.9 Å². The molecule has 0 aliphatic carbocycles. The van der Waals surface area contributed by atoms with Crippen LogP contribution in [0, 0.1) is 11.3 Å². The first kappa shape index (κ1) is 11.2. The molecule has 0 saturated heterocycles. The van der Waals surface area contributed by atoms with E-state index in [4.69, 9.17) is 5.26 Å². The fourth-order valence-corrected chi connectivity index (χ4v) is 1.000. The number of halogens is 1. The standard InChI is InChI=1S/C7H8INO3/c1-3-11-7(10)6(12-8)5(2)4-9/h3H2,1-2H3/b6-5-. The molecule has 0 radical (unpaired) electrons. The number of hydrogen-bond acceptors (Lipinski definition) is 4. The van der Waals surface area contributed by atoms with Crippen molar-refractivity contribution in [2.24, 2.45) is 0 Å². The van der Waals surface area contributed by atoms with Gasteiger partial charge in [0.1, 0.15) is 0 Å². The summed E-state index contributed by atoms with van der Waals surface area (Å²) in [5.74, 6) is -0.647. The molecule has 0 aromatic rings. The Kier molecular flexibility index (Phi) is 5.45. The van der Waals surface area contributed by atoms with Crippen molar-refractivity contribution in [3.63, 3.8) is 0 Å². The highest BCUT2D eigenvalue weighted by atomic mass is 127. The molecule has 5 heteroatoms. The molecule has 4 nitrogen and oxygen atoms in total. The van der Waals surface area contributed by atoms with Gasteiger partial charge in [0.05, 0.1) is 18.2 Å². The summed E-state index contributed by atoms with van der Waals surface area (Å²) in [6.07, 6.45) is 0. The molecule has 0 aliphatic heterocycles. The maximum Gasteiger partial charge on any atom is 0.375 e. The Bertz CT molecular complexity index is 242. The van der Waals surface area contributed by atoms with Gasteiger partial charge in [0.15, 0.2) is 23.0 Å². The normalized spacial score (nSPS) is 11.2. The van der Waals surface area contributed by atoms with Gasteiger partial charge < -0.3 is 7.80 Å². The van der Waals surface area contributed by atoms with E-state index in [1.807, 2.05) is 0 Å². The number of allylic oxidation sites excluding steroid dienone is 1. The highest BCUT2D eigenvalue weighted by Crippen LogP contribution is 2.10. The lowest BCUT2D eigenvalue weighted by Crippen LogP contribution is -2.09. The molecule has 0 atom stereocenters. The Balaban J connectivity index is 4.58. The smallest absolute Gasteiger partial charge is 0.375 e. The predicted molar refractivity (Wildman–Crippen MR) is 50.1 cm³/mol. The zero-order chi connectivity index (χ0) is 9.56. The van der Waals surface area contributed by atoms with Crippen molar-refractivity contribution in [3.8, 4) is 6.07 Å². The lowest BCUT2D eigenvalue weighted by atomic mass is 10.3. The zero-order valence-electron chi connectivity index (χ0n) is 6.76. The monoisotopic (exact) mass is 281 g/mol. The Morgan fingerprint density at radius 2 is 2.25 bits per heavy atom. The zero-order valence-corrected chi connectivity index (χ0v) is 8.91. The van der Waals surface area contributed by atoms with Crippen molar-refractivity contribution in [1.29, 1.82) is 5.26 Å². The Labute approximate surface area is 84.8 Å². The van der Waals surface area contributed by atoms with Crippen LogP contribution < -0.4 is 0 Å². The van der Waals surface area contributed by atoms with Crippen LogP contribution in [0.2, 0.25) is 0 Å². The number of ether oxygens (including phenoxy) is 1. The van der Waals surface area contributed by atoms with Gasteiger partial charge in [-0.3, -0.25) is 0 Å². The van der Waals surface area contributed by atoms with Crippen LogP contribution in [-0.2, 0) is 12.6 Å². The molecule has 0 unspecified atom stereocenters. The first-order chi connectivity index (χ1) is 5.67. The molecule has 0 spiro atoms. The number of hydrogen-bond donors (Lipinski definition) is 0. The molecule has 0 fully saturated rings. The van der Waals surface area contributed by atoms with E-state index < -0.39 is 5.97 Å². The van der Waals surface area contributed by atoms with E-state index in [0.717, 1.165) is 0 Å². The van der Waals surface area contributed by atoms with E-state index in [1.54, 1.807) is 13.0 Å². The minimum absolute atomic E-state index is 0.0417. The van der Waals surface area contributed by atoms with Gasteiger partial charge >= 0.3 is 5.97 Å². The Morgan fingerprint density at radius 3 is 2.58 bits per heavy atom. The summed E-state index contributed by atoms with van der Waals surface area (Å²) in [6, 6.07) is 1.80. The van der Waals surface area contributed by atoms with Crippen molar-refractivity contribution in [3.05, 3.63) is 11.3 Å². The number of nitrogens with zero attached hydrogens (tertiary/aromatic N) is 1. The fourth-order valence-electron chi connectivity index (χ4n) is 0.490. The molecule has 0 rings (SSSR count). The summed E-state index contributed by atoms with van der Waals surface area (Å²) in [6.45, 7) is 3.44. The van der Waals surface area contributed by atoms with Crippen LogP contribution in [0.15, 0.2) is 11.3 Å². The van der Waals surface area contributed by atoms with Crippen LogP contribution >= 0.6 is 23.0 Å². The molecule has 0 aromatic heterocycles. The minimum Gasteiger partial charge on any atom is -0.460 e. The quantitative estimate of drug-likeness (QED) is 0.260. The van der Waals surface area contributed by atoms with E-state index in [2.05, 4.69) is 7.80 Å². The summed E-state index contributed by atoms with van der Waals surface area (Å²) < 4.78 is 9.31. The van der Waals surface area contributed by atoms with Gasteiger partial charge in [-0.2, -0.15) is 5.26 Å². The third-order valence-corrected chi connectivity index (χ3v) is 1.49. The molecule has 0 saturated carbocycles. The van der Waals surface area contributed by atoms with Gasteiger partial charge in [0, 0.05) is 0 Å². The summed E-state index contributed by atoms with van der Waals surface area (Å²) in [7, 11) is 0. The van der Waals surface area contributed by atoms with Gasteiger partial charge in [-0.1, -0.05) is 0 Å². The van der Waals surface area contributed by atoms with Crippen LogP contribution in [-0.4, -0.2) is 12.6 Å². The second-order valence-electron chi connectivity index (χ2n) is 1.86. The highest BCUT2D eigenvalue weighted by Gasteiger charge is 2.15. The maximum atomic E-state index is 11.0. The maximum absolute atomic E-state index is 11.0. The molecule has 0 heterocycles. The van der Waals surface area contributed by atoms with Gasteiger partial charge in [0.2, 0.25) is 5.76 Å². The van der Waals surface area contributed by atoms with E-state index in [9.17, 15) is 4.79 Å². The topological polar surface area (TPSA) is 59.3 Å². The van der Waals surface area contributed by atoms with Crippen molar-refractivity contribution >= 4 is 29.0 Å². The molecule has 0 aliphatic rings. The van der Waals surface area contributed by atoms with E-state index in [1.165, 1.54) is 29.9 Å². The summed E-state index contributed by atoms with van der Waals surface area (Å²) in [4.78, 5) is 11.0. The Hall–Kier alpha value is -0.770. The molecule has 0 aromatic carbocycles. The SMILES string of the molecule is CCOC(=O)/C(OI)=C(\C)C#N. The predicted octanol–water partition coefficient (Wildman–Crippen LogP) is 1.71. The number of carbonyl (C=O) groups excluding carboxylic acids is 1.